The average Bonchev–Trinajstić information content (AvgIpc) is 2.79. The topological polar surface area (TPSA) is 43.8 Å². The monoisotopic (exact) mass is 508 g/mol. The van der Waals surface area contributed by atoms with E-state index in [1.54, 1.807) is 41.3 Å². The maximum atomic E-state index is 13.2. The second kappa shape index (κ2) is 9.90. The summed E-state index contributed by atoms with van der Waals surface area (Å²) in [6, 6.07) is 19.5. The minimum atomic E-state index is -1.33. The predicted octanol–water partition coefficient (Wildman–Crippen LogP) is 6.42. The summed E-state index contributed by atoms with van der Waals surface area (Å²) in [5.74, 6) is -0.390. The number of piperazine rings is 1. The van der Waals surface area contributed by atoms with Gasteiger partial charge in [-0.05, 0) is 42.0 Å². The Morgan fingerprint density at radius 2 is 1.56 bits per heavy atom. The Bertz CT molecular complexity index is 1120. The number of amides is 1. The van der Waals surface area contributed by atoms with Crippen LogP contribution in [-0.2, 0) is 4.79 Å². The molecule has 0 saturated carbocycles. The summed E-state index contributed by atoms with van der Waals surface area (Å²) < 4.78 is 0. The largest absolute Gasteiger partial charge is 0.378 e. The smallest absolute Gasteiger partial charge is 0.256 e. The summed E-state index contributed by atoms with van der Waals surface area (Å²) in [4.78, 5) is 17.0. The van der Waals surface area contributed by atoms with Gasteiger partial charge in [0.15, 0.2) is 6.10 Å². The number of hydrogen-bond acceptors (Lipinski definition) is 3. The van der Waals surface area contributed by atoms with Crippen LogP contribution in [0.2, 0.25) is 20.1 Å². The number of nitrogens with zero attached hydrogens (tertiary/aromatic N) is 2. The van der Waals surface area contributed by atoms with Crippen molar-refractivity contribution in [1.82, 2.24) is 4.90 Å². The van der Waals surface area contributed by atoms with E-state index in [1.807, 2.05) is 30.3 Å². The summed E-state index contributed by atoms with van der Waals surface area (Å²) in [6.45, 7) is 1.31. The summed E-state index contributed by atoms with van der Waals surface area (Å²) in [5, 5.41) is 12.8. The maximum absolute atomic E-state index is 13.2. The van der Waals surface area contributed by atoms with E-state index in [0.717, 1.165) is 11.3 Å². The summed E-state index contributed by atoms with van der Waals surface area (Å²) in [6.07, 6.45) is -1.33. The van der Waals surface area contributed by atoms with Crippen LogP contribution in [0.5, 0.6) is 0 Å². The molecular weight excluding hydrogens is 490 g/mol. The molecule has 0 aliphatic carbocycles. The fraction of sp³-hybridized carbons (Fsp3) is 0.208. The van der Waals surface area contributed by atoms with Crippen LogP contribution >= 0.6 is 46.4 Å². The lowest BCUT2D eigenvalue weighted by atomic mass is 10.00. The summed E-state index contributed by atoms with van der Waals surface area (Å²) >= 11 is 24.9. The molecule has 3 aromatic carbocycles. The molecule has 0 unspecified atom stereocenters. The number of aliphatic hydroxyl groups excluding tert-OH is 1. The highest BCUT2D eigenvalue weighted by atomic mass is 35.5. The fourth-order valence-electron chi connectivity index (χ4n) is 3.96. The van der Waals surface area contributed by atoms with Gasteiger partial charge in [-0.3, -0.25) is 4.79 Å². The van der Waals surface area contributed by atoms with Gasteiger partial charge in [-0.15, -0.1) is 0 Å². The Morgan fingerprint density at radius 1 is 0.875 bits per heavy atom. The van der Waals surface area contributed by atoms with Crippen molar-refractivity contribution < 1.29 is 9.90 Å². The van der Waals surface area contributed by atoms with Gasteiger partial charge < -0.3 is 14.9 Å². The molecule has 0 aromatic heterocycles. The molecule has 2 atom stereocenters. The van der Waals surface area contributed by atoms with E-state index in [9.17, 15) is 9.90 Å². The lowest BCUT2D eigenvalue weighted by molar-refractivity contribution is -0.141. The normalized spacial score (nSPS) is 17.3. The second-order valence-electron chi connectivity index (χ2n) is 7.56. The van der Waals surface area contributed by atoms with Crippen LogP contribution in [0.25, 0.3) is 0 Å². The first-order chi connectivity index (χ1) is 15.3. The van der Waals surface area contributed by atoms with Gasteiger partial charge in [0.25, 0.3) is 5.91 Å². The molecular formula is C24H20Cl4N2O2. The van der Waals surface area contributed by atoms with Gasteiger partial charge in [-0.2, -0.15) is 0 Å². The molecule has 1 heterocycles. The van der Waals surface area contributed by atoms with E-state index < -0.39 is 6.10 Å². The molecule has 1 N–H and O–H groups in total. The van der Waals surface area contributed by atoms with Crippen molar-refractivity contribution in [2.75, 3.05) is 24.5 Å². The van der Waals surface area contributed by atoms with E-state index in [-0.39, 0.29) is 11.9 Å². The zero-order valence-electron chi connectivity index (χ0n) is 16.9. The summed E-state index contributed by atoms with van der Waals surface area (Å²) in [5.41, 5.74) is 2.20. The molecule has 32 heavy (non-hydrogen) atoms. The molecule has 1 aliphatic heterocycles. The lowest BCUT2D eigenvalue weighted by Crippen LogP contribution is -2.51. The highest BCUT2D eigenvalue weighted by Crippen LogP contribution is 2.37. The highest BCUT2D eigenvalue weighted by molar-refractivity contribution is 6.36. The minimum absolute atomic E-state index is 0.193. The third-order valence-corrected chi connectivity index (χ3v) is 6.73. The van der Waals surface area contributed by atoms with Gasteiger partial charge in [0.2, 0.25) is 0 Å². The van der Waals surface area contributed by atoms with Crippen molar-refractivity contribution in [3.8, 4) is 0 Å². The zero-order chi connectivity index (χ0) is 22.8. The van der Waals surface area contributed by atoms with E-state index >= 15 is 0 Å². The van der Waals surface area contributed by atoms with Gasteiger partial charge in [0, 0.05) is 40.3 Å². The third-order valence-electron chi connectivity index (χ3n) is 5.60. The Labute approximate surface area is 206 Å². The number of halogens is 4. The van der Waals surface area contributed by atoms with Crippen LogP contribution in [0.3, 0.4) is 0 Å². The molecule has 1 amide bonds. The molecule has 3 aromatic rings. The Morgan fingerprint density at radius 3 is 2.25 bits per heavy atom. The Kier molecular flexibility index (Phi) is 7.18. The van der Waals surface area contributed by atoms with Gasteiger partial charge in [0.05, 0.1) is 16.8 Å². The minimum Gasteiger partial charge on any atom is -0.378 e. The first kappa shape index (κ1) is 23.2. The molecule has 0 spiro atoms. The molecule has 1 aliphatic rings. The van der Waals surface area contributed by atoms with Crippen molar-refractivity contribution in [1.29, 1.82) is 0 Å². The lowest BCUT2D eigenvalue weighted by Gasteiger charge is -2.44. The Balaban J connectivity index is 1.65. The SMILES string of the molecule is O=C([C@H](O)c1ccccc1Cl)N1CCN(c2ccc(Cl)cc2Cl)[C@H](c2ccc(Cl)cc2)C1. The number of rotatable bonds is 4. The molecule has 1 saturated heterocycles. The molecule has 0 radical (unpaired) electrons. The fourth-order valence-corrected chi connectivity index (χ4v) is 4.84. The molecule has 4 nitrogen and oxygen atoms in total. The second-order valence-corrected chi connectivity index (χ2v) is 9.25. The number of anilines is 1. The van der Waals surface area contributed by atoms with Crippen molar-refractivity contribution in [2.45, 2.75) is 12.1 Å². The van der Waals surface area contributed by atoms with Gasteiger partial charge in [-0.1, -0.05) is 76.7 Å². The zero-order valence-corrected chi connectivity index (χ0v) is 19.9. The molecule has 4 rings (SSSR count). The molecule has 0 bridgehead atoms. The number of benzene rings is 3. The standard InChI is InChI=1S/C24H20Cl4N2O2/c25-16-7-5-15(6-8-16)22-14-29(24(32)23(31)18-3-1-2-4-19(18)27)11-12-30(22)21-10-9-17(26)13-20(21)28/h1-10,13,22-23,31H,11-12,14H2/t22-,23+/m0/s1. The van der Waals surface area contributed by atoms with E-state index in [4.69, 9.17) is 46.4 Å². The quantitative estimate of drug-likeness (QED) is 0.441. The van der Waals surface area contributed by atoms with Gasteiger partial charge >= 0.3 is 0 Å². The molecule has 1 fully saturated rings. The van der Waals surface area contributed by atoms with Crippen molar-refractivity contribution >= 4 is 58.0 Å². The Hall–Kier alpha value is -1.95. The summed E-state index contributed by atoms with van der Waals surface area (Å²) in [7, 11) is 0. The van der Waals surface area contributed by atoms with Crippen molar-refractivity contribution in [2.24, 2.45) is 0 Å². The number of carbonyl (C=O) groups excluding carboxylic acids is 1. The molecule has 166 valence electrons. The van der Waals surface area contributed by atoms with Crippen LogP contribution in [0.15, 0.2) is 66.7 Å². The van der Waals surface area contributed by atoms with Crippen LogP contribution in [0.1, 0.15) is 23.3 Å². The van der Waals surface area contributed by atoms with E-state index in [0.29, 0.717) is 45.3 Å². The van der Waals surface area contributed by atoms with Crippen LogP contribution in [-0.4, -0.2) is 35.5 Å². The van der Waals surface area contributed by atoms with E-state index in [2.05, 4.69) is 4.90 Å². The van der Waals surface area contributed by atoms with Gasteiger partial charge in [0.1, 0.15) is 0 Å². The first-order valence-electron chi connectivity index (χ1n) is 10.0. The van der Waals surface area contributed by atoms with Crippen LogP contribution in [0.4, 0.5) is 5.69 Å². The highest BCUT2D eigenvalue weighted by Gasteiger charge is 2.34. The van der Waals surface area contributed by atoms with Crippen molar-refractivity contribution in [3.05, 3.63) is 97.9 Å². The third kappa shape index (κ3) is 4.85. The van der Waals surface area contributed by atoms with Crippen molar-refractivity contribution in [3.63, 3.8) is 0 Å². The average molecular weight is 510 g/mol. The number of carbonyl (C=O) groups is 1. The number of hydrogen-bond donors (Lipinski definition) is 1. The van der Waals surface area contributed by atoms with Crippen LogP contribution < -0.4 is 4.90 Å². The maximum Gasteiger partial charge on any atom is 0.256 e. The first-order valence-corrected chi connectivity index (χ1v) is 11.5. The molecule has 8 heteroatoms. The van der Waals surface area contributed by atoms with Crippen LogP contribution in [0, 0.1) is 0 Å². The number of aliphatic hydroxyl groups is 1. The van der Waals surface area contributed by atoms with Gasteiger partial charge in [-0.25, -0.2) is 0 Å². The van der Waals surface area contributed by atoms with E-state index in [1.165, 1.54) is 0 Å². The predicted molar refractivity (Wildman–Crippen MR) is 131 cm³/mol.